The first-order chi connectivity index (χ1) is 8.99. The van der Waals surface area contributed by atoms with E-state index in [1.165, 1.54) is 5.56 Å². The zero-order valence-corrected chi connectivity index (χ0v) is 12.8. The van der Waals surface area contributed by atoms with Gasteiger partial charge in [-0.25, -0.2) is 0 Å². The van der Waals surface area contributed by atoms with Crippen LogP contribution in [0.25, 0.3) is 0 Å². The van der Waals surface area contributed by atoms with Crippen LogP contribution in [-0.4, -0.2) is 35.2 Å². The Bertz CT molecular complexity index is 399. The van der Waals surface area contributed by atoms with Crippen molar-refractivity contribution in [1.29, 1.82) is 0 Å². The second-order valence-electron chi connectivity index (χ2n) is 5.00. The van der Waals surface area contributed by atoms with E-state index in [2.05, 4.69) is 19.2 Å². The van der Waals surface area contributed by atoms with E-state index in [1.807, 2.05) is 37.4 Å². The molecule has 0 radical (unpaired) electrons. The van der Waals surface area contributed by atoms with Gasteiger partial charge in [-0.05, 0) is 36.8 Å². The molecule has 3 nitrogen and oxygen atoms in total. The lowest BCUT2D eigenvalue weighted by molar-refractivity contribution is 0.0936. The van der Waals surface area contributed by atoms with E-state index in [1.54, 1.807) is 11.8 Å². The largest absolute Gasteiger partial charge is 0.395 e. The molecule has 0 bridgehead atoms. The van der Waals surface area contributed by atoms with Crippen molar-refractivity contribution >= 4 is 17.7 Å². The maximum Gasteiger partial charge on any atom is 0.251 e. The molecule has 19 heavy (non-hydrogen) atoms. The smallest absolute Gasteiger partial charge is 0.251 e. The van der Waals surface area contributed by atoms with E-state index in [-0.39, 0.29) is 23.8 Å². The van der Waals surface area contributed by atoms with Crippen LogP contribution in [-0.2, 0) is 0 Å². The van der Waals surface area contributed by atoms with Gasteiger partial charge >= 0.3 is 0 Å². The molecule has 0 aliphatic heterocycles. The van der Waals surface area contributed by atoms with Crippen molar-refractivity contribution in [2.24, 2.45) is 0 Å². The predicted molar refractivity (Wildman–Crippen MR) is 81.8 cm³/mol. The van der Waals surface area contributed by atoms with Gasteiger partial charge in [-0.1, -0.05) is 26.0 Å². The number of thioether (sulfide) groups is 1. The van der Waals surface area contributed by atoms with E-state index < -0.39 is 0 Å². The van der Waals surface area contributed by atoms with E-state index in [9.17, 15) is 9.90 Å². The van der Waals surface area contributed by atoms with Gasteiger partial charge in [0.1, 0.15) is 0 Å². The van der Waals surface area contributed by atoms with Gasteiger partial charge in [0.15, 0.2) is 0 Å². The summed E-state index contributed by atoms with van der Waals surface area (Å²) < 4.78 is 0. The van der Waals surface area contributed by atoms with Gasteiger partial charge in [-0.15, -0.1) is 0 Å². The fraction of sp³-hybridized carbons (Fsp3) is 0.533. The normalized spacial score (nSPS) is 14.2. The number of benzene rings is 1. The van der Waals surface area contributed by atoms with Gasteiger partial charge in [0.25, 0.3) is 5.91 Å². The maximum atomic E-state index is 12.1. The molecule has 1 aromatic carbocycles. The van der Waals surface area contributed by atoms with E-state index in [4.69, 9.17) is 0 Å². The van der Waals surface area contributed by atoms with Crippen molar-refractivity contribution < 1.29 is 9.90 Å². The van der Waals surface area contributed by atoms with Crippen LogP contribution in [0.5, 0.6) is 0 Å². The van der Waals surface area contributed by atoms with E-state index in [0.29, 0.717) is 11.5 Å². The van der Waals surface area contributed by atoms with Crippen molar-refractivity contribution in [3.8, 4) is 0 Å². The summed E-state index contributed by atoms with van der Waals surface area (Å²) in [6.07, 6.45) is 1.93. The topological polar surface area (TPSA) is 49.3 Å². The van der Waals surface area contributed by atoms with Gasteiger partial charge in [0, 0.05) is 16.9 Å². The minimum absolute atomic E-state index is 0.0267. The quantitative estimate of drug-likeness (QED) is 0.843. The molecule has 1 amide bonds. The second kappa shape index (κ2) is 7.56. The third kappa shape index (κ3) is 4.55. The Morgan fingerprint density at radius 3 is 2.26 bits per heavy atom. The molecule has 1 rings (SSSR count). The van der Waals surface area contributed by atoms with Gasteiger partial charge in [-0.2, -0.15) is 11.8 Å². The first kappa shape index (κ1) is 16.1. The molecule has 2 unspecified atom stereocenters. The minimum Gasteiger partial charge on any atom is -0.395 e. The fourth-order valence-corrected chi connectivity index (χ4v) is 2.46. The Kier molecular flexibility index (Phi) is 6.38. The van der Waals surface area contributed by atoms with Crippen LogP contribution in [0.1, 0.15) is 42.6 Å². The molecule has 0 aliphatic carbocycles. The molecule has 2 N–H and O–H groups in total. The first-order valence-electron chi connectivity index (χ1n) is 6.54. The lowest BCUT2D eigenvalue weighted by Gasteiger charge is -2.21. The third-order valence-electron chi connectivity index (χ3n) is 3.24. The summed E-state index contributed by atoms with van der Waals surface area (Å²) in [4.78, 5) is 12.1. The zero-order chi connectivity index (χ0) is 14.4. The van der Waals surface area contributed by atoms with Crippen LogP contribution < -0.4 is 5.32 Å². The van der Waals surface area contributed by atoms with Crippen molar-refractivity contribution in [3.05, 3.63) is 35.4 Å². The molecule has 106 valence electrons. The number of carbonyl (C=O) groups is 1. The lowest BCUT2D eigenvalue weighted by Crippen LogP contribution is -2.41. The van der Waals surface area contributed by atoms with Gasteiger partial charge in [-0.3, -0.25) is 4.79 Å². The summed E-state index contributed by atoms with van der Waals surface area (Å²) in [6.45, 7) is 6.23. The van der Waals surface area contributed by atoms with E-state index in [0.717, 1.165) is 0 Å². The molecule has 4 heteroatoms. The van der Waals surface area contributed by atoms with Gasteiger partial charge in [0.2, 0.25) is 0 Å². The molecule has 2 atom stereocenters. The Hall–Kier alpha value is -1.00. The lowest BCUT2D eigenvalue weighted by atomic mass is 10.0. The van der Waals surface area contributed by atoms with Crippen molar-refractivity contribution in [1.82, 2.24) is 5.32 Å². The predicted octanol–water partition coefficient (Wildman–Crippen LogP) is 2.65. The Balaban J connectivity index is 2.67. The van der Waals surface area contributed by atoms with E-state index >= 15 is 0 Å². The molecule has 0 saturated heterocycles. The number of nitrogens with one attached hydrogen (secondary N) is 1. The molecule has 0 aliphatic rings. The number of carbonyl (C=O) groups excluding carboxylic acids is 1. The molecular formula is C15H23NO2S. The Labute approximate surface area is 119 Å². The number of amides is 1. The minimum atomic E-state index is -0.0877. The molecule has 0 heterocycles. The SMILES string of the molecule is CSC(CO)C(C)NC(=O)c1ccc(C(C)C)cc1. The Morgan fingerprint density at radius 1 is 1.26 bits per heavy atom. The number of hydrogen-bond donors (Lipinski definition) is 2. The highest BCUT2D eigenvalue weighted by Crippen LogP contribution is 2.15. The summed E-state index contributed by atoms with van der Waals surface area (Å²) in [5.41, 5.74) is 1.89. The molecule has 0 saturated carbocycles. The molecule has 1 aromatic rings. The van der Waals surface area contributed by atoms with Crippen LogP contribution in [0.4, 0.5) is 0 Å². The van der Waals surface area contributed by atoms with Crippen LogP contribution in [0, 0.1) is 0 Å². The summed E-state index contributed by atoms with van der Waals surface area (Å²) in [7, 11) is 0. The average molecular weight is 281 g/mol. The van der Waals surface area contributed by atoms with Crippen molar-refractivity contribution in [2.75, 3.05) is 12.9 Å². The highest BCUT2D eigenvalue weighted by Gasteiger charge is 2.18. The van der Waals surface area contributed by atoms with Gasteiger partial charge < -0.3 is 10.4 Å². The number of aliphatic hydroxyl groups excluding tert-OH is 1. The molecule has 0 spiro atoms. The monoisotopic (exact) mass is 281 g/mol. The van der Waals surface area contributed by atoms with Crippen molar-refractivity contribution in [3.63, 3.8) is 0 Å². The molecule has 0 fully saturated rings. The summed E-state index contributed by atoms with van der Waals surface area (Å²) in [5.74, 6) is 0.376. The second-order valence-corrected chi connectivity index (χ2v) is 6.07. The molecular weight excluding hydrogens is 258 g/mol. The number of aliphatic hydroxyl groups is 1. The zero-order valence-electron chi connectivity index (χ0n) is 12.0. The van der Waals surface area contributed by atoms with Crippen LogP contribution in [0.2, 0.25) is 0 Å². The molecule has 0 aromatic heterocycles. The number of hydrogen-bond acceptors (Lipinski definition) is 3. The maximum absolute atomic E-state index is 12.1. The summed E-state index contributed by atoms with van der Waals surface area (Å²) in [5, 5.41) is 12.2. The number of rotatable bonds is 6. The van der Waals surface area contributed by atoms with Crippen LogP contribution >= 0.6 is 11.8 Å². The summed E-state index contributed by atoms with van der Waals surface area (Å²) in [6, 6.07) is 7.62. The van der Waals surface area contributed by atoms with Gasteiger partial charge in [0.05, 0.1) is 6.61 Å². The first-order valence-corrected chi connectivity index (χ1v) is 7.82. The summed E-state index contributed by atoms with van der Waals surface area (Å²) >= 11 is 1.56. The Morgan fingerprint density at radius 2 is 1.84 bits per heavy atom. The fourth-order valence-electron chi connectivity index (χ4n) is 1.84. The third-order valence-corrected chi connectivity index (χ3v) is 4.40. The highest BCUT2D eigenvalue weighted by molar-refractivity contribution is 7.99. The standard InChI is InChI=1S/C15H23NO2S/c1-10(2)12-5-7-13(8-6-12)15(18)16-11(3)14(9-17)19-4/h5-8,10-11,14,17H,9H2,1-4H3,(H,16,18). The van der Waals surface area contributed by atoms with Crippen LogP contribution in [0.3, 0.4) is 0 Å². The average Bonchev–Trinajstić information content (AvgIpc) is 2.40. The van der Waals surface area contributed by atoms with Crippen molar-refractivity contribution in [2.45, 2.75) is 38.0 Å². The van der Waals surface area contributed by atoms with Crippen LogP contribution in [0.15, 0.2) is 24.3 Å². The highest BCUT2D eigenvalue weighted by atomic mass is 32.2.